The van der Waals surface area contributed by atoms with Gasteiger partial charge in [-0.25, -0.2) is 9.37 Å². The van der Waals surface area contributed by atoms with Gasteiger partial charge in [0.25, 0.3) is 0 Å². The van der Waals surface area contributed by atoms with Crippen molar-refractivity contribution in [1.29, 1.82) is 0 Å². The highest BCUT2D eigenvalue weighted by Crippen LogP contribution is 2.30. The normalized spacial score (nSPS) is 13.5. The van der Waals surface area contributed by atoms with Gasteiger partial charge in [0.15, 0.2) is 0 Å². The number of halogens is 2. The molecule has 0 spiro atoms. The number of fused-ring (bicyclic) bond motifs is 1. The van der Waals surface area contributed by atoms with E-state index in [9.17, 15) is 4.39 Å². The van der Waals surface area contributed by atoms with Crippen molar-refractivity contribution in [1.82, 2.24) is 9.55 Å². The molecule has 0 aliphatic rings. The molecule has 1 heterocycles. The van der Waals surface area contributed by atoms with E-state index in [0.717, 1.165) is 5.52 Å². The van der Waals surface area contributed by atoms with Gasteiger partial charge in [0.1, 0.15) is 5.82 Å². The van der Waals surface area contributed by atoms with E-state index in [0.29, 0.717) is 21.9 Å². The van der Waals surface area contributed by atoms with Crippen molar-refractivity contribution in [2.45, 2.75) is 26.8 Å². The summed E-state index contributed by atoms with van der Waals surface area (Å²) in [7, 11) is 0. The lowest BCUT2D eigenvalue weighted by Gasteiger charge is -2.19. The number of hydrogen-bond donors (Lipinski definition) is 1. The Bertz CT molecular complexity index is 562. The van der Waals surface area contributed by atoms with Crippen LogP contribution in [0.2, 0.25) is 0 Å². The number of benzene rings is 1. The topological polar surface area (TPSA) is 43.8 Å². The lowest BCUT2D eigenvalue weighted by atomic mass is 10.1. The van der Waals surface area contributed by atoms with Crippen LogP contribution in [0.5, 0.6) is 0 Å². The van der Waals surface area contributed by atoms with Crippen LogP contribution in [0.1, 0.15) is 26.8 Å². The minimum atomic E-state index is -0.297. The smallest absolute Gasteiger partial charge is 0.201 e. The molecule has 1 unspecified atom stereocenters. The summed E-state index contributed by atoms with van der Waals surface area (Å²) in [5.74, 6) is 0.537. The minimum Gasteiger partial charge on any atom is -0.369 e. The van der Waals surface area contributed by atoms with Crippen LogP contribution in [0.15, 0.2) is 16.6 Å². The van der Waals surface area contributed by atoms with E-state index in [2.05, 4.69) is 41.7 Å². The van der Waals surface area contributed by atoms with Crippen LogP contribution in [0.3, 0.4) is 0 Å². The number of hydrogen-bond acceptors (Lipinski definition) is 2. The zero-order chi connectivity index (χ0) is 12.7. The summed E-state index contributed by atoms with van der Waals surface area (Å²) >= 11 is 3.15. The third kappa shape index (κ3) is 2.04. The van der Waals surface area contributed by atoms with Gasteiger partial charge in [-0.05, 0) is 34.8 Å². The lowest BCUT2D eigenvalue weighted by molar-refractivity contribution is 0.421. The van der Waals surface area contributed by atoms with Crippen molar-refractivity contribution in [3.8, 4) is 0 Å². The number of rotatable bonds is 2. The first-order chi connectivity index (χ1) is 7.91. The first-order valence-electron chi connectivity index (χ1n) is 5.54. The Morgan fingerprint density at radius 2 is 2.00 bits per heavy atom. The molecule has 0 fully saturated rings. The number of nitrogens with zero attached hydrogens (tertiary/aromatic N) is 2. The Morgan fingerprint density at radius 1 is 1.35 bits per heavy atom. The molecule has 2 aromatic rings. The molecule has 2 N–H and O–H groups in total. The molecule has 5 heteroatoms. The van der Waals surface area contributed by atoms with E-state index in [1.165, 1.54) is 6.07 Å². The molecule has 0 radical (unpaired) electrons. The quantitative estimate of drug-likeness (QED) is 0.918. The van der Waals surface area contributed by atoms with Gasteiger partial charge in [0.05, 0.1) is 15.5 Å². The molecule has 0 aliphatic carbocycles. The van der Waals surface area contributed by atoms with Gasteiger partial charge in [0, 0.05) is 12.1 Å². The Labute approximate surface area is 108 Å². The molecule has 2 rings (SSSR count). The molecule has 92 valence electrons. The summed E-state index contributed by atoms with van der Waals surface area (Å²) in [4.78, 5) is 4.26. The van der Waals surface area contributed by atoms with Crippen molar-refractivity contribution < 1.29 is 4.39 Å². The first kappa shape index (κ1) is 12.4. The van der Waals surface area contributed by atoms with E-state index < -0.39 is 0 Å². The molecular weight excluding hydrogens is 285 g/mol. The predicted octanol–water partition coefficient (Wildman–Crippen LogP) is 3.74. The number of aromatic nitrogens is 2. The van der Waals surface area contributed by atoms with Crippen LogP contribution >= 0.6 is 15.9 Å². The van der Waals surface area contributed by atoms with E-state index in [4.69, 9.17) is 5.73 Å². The van der Waals surface area contributed by atoms with Crippen LogP contribution in [0.25, 0.3) is 11.0 Å². The van der Waals surface area contributed by atoms with E-state index in [1.807, 2.05) is 4.57 Å². The molecule has 17 heavy (non-hydrogen) atoms. The van der Waals surface area contributed by atoms with E-state index in [-0.39, 0.29) is 11.9 Å². The van der Waals surface area contributed by atoms with Gasteiger partial charge < -0.3 is 10.3 Å². The Kier molecular flexibility index (Phi) is 3.12. The summed E-state index contributed by atoms with van der Waals surface area (Å²) in [5, 5.41) is 0. The zero-order valence-corrected chi connectivity index (χ0v) is 11.6. The second-order valence-corrected chi connectivity index (χ2v) is 5.43. The number of nitrogens with two attached hydrogens (primary N) is 1. The molecule has 1 aromatic heterocycles. The van der Waals surface area contributed by atoms with E-state index in [1.54, 1.807) is 6.07 Å². The number of anilines is 1. The minimum absolute atomic E-state index is 0.181. The molecule has 1 atom stereocenters. The van der Waals surface area contributed by atoms with Crippen LogP contribution in [0.4, 0.5) is 10.3 Å². The van der Waals surface area contributed by atoms with Crippen LogP contribution in [0, 0.1) is 11.7 Å². The van der Waals surface area contributed by atoms with Crippen molar-refractivity contribution in [3.05, 3.63) is 22.4 Å². The molecule has 0 saturated heterocycles. The van der Waals surface area contributed by atoms with Gasteiger partial charge in [-0.1, -0.05) is 13.8 Å². The van der Waals surface area contributed by atoms with Crippen LogP contribution < -0.4 is 5.73 Å². The maximum atomic E-state index is 13.6. The van der Waals surface area contributed by atoms with Crippen molar-refractivity contribution in [2.75, 3.05) is 5.73 Å². The Morgan fingerprint density at radius 3 is 2.59 bits per heavy atom. The summed E-state index contributed by atoms with van der Waals surface area (Å²) in [6.07, 6.45) is 0. The van der Waals surface area contributed by atoms with Crippen LogP contribution in [-0.2, 0) is 0 Å². The molecule has 0 aliphatic heterocycles. The van der Waals surface area contributed by atoms with Gasteiger partial charge in [0.2, 0.25) is 5.95 Å². The van der Waals surface area contributed by atoms with Crippen LogP contribution in [-0.4, -0.2) is 9.55 Å². The van der Waals surface area contributed by atoms with Gasteiger partial charge in [-0.3, -0.25) is 0 Å². The monoisotopic (exact) mass is 299 g/mol. The predicted molar refractivity (Wildman–Crippen MR) is 71.4 cm³/mol. The first-order valence-corrected chi connectivity index (χ1v) is 6.33. The van der Waals surface area contributed by atoms with Gasteiger partial charge in [-0.2, -0.15) is 0 Å². The summed E-state index contributed by atoms with van der Waals surface area (Å²) in [5.41, 5.74) is 7.36. The highest BCUT2D eigenvalue weighted by atomic mass is 79.9. The standard InChI is InChI=1S/C12H15BrFN3/c1-6(2)7(3)17-11-5-9(14)8(13)4-10(11)16-12(17)15/h4-7H,1-3H3,(H2,15,16). The fraction of sp³-hybridized carbons (Fsp3) is 0.417. The maximum absolute atomic E-state index is 13.6. The molecule has 0 bridgehead atoms. The summed E-state index contributed by atoms with van der Waals surface area (Å²) in [6, 6.07) is 3.31. The average Bonchev–Trinajstić information content (AvgIpc) is 2.53. The maximum Gasteiger partial charge on any atom is 0.201 e. The highest BCUT2D eigenvalue weighted by Gasteiger charge is 2.18. The van der Waals surface area contributed by atoms with Crippen molar-refractivity contribution in [3.63, 3.8) is 0 Å². The Hall–Kier alpha value is -1.10. The molecule has 3 nitrogen and oxygen atoms in total. The fourth-order valence-electron chi connectivity index (χ4n) is 1.84. The SMILES string of the molecule is CC(C)C(C)n1c(N)nc2cc(Br)c(F)cc21. The second kappa shape index (κ2) is 4.29. The lowest BCUT2D eigenvalue weighted by Crippen LogP contribution is -2.14. The summed E-state index contributed by atoms with van der Waals surface area (Å²) < 4.78 is 15.9. The second-order valence-electron chi connectivity index (χ2n) is 4.58. The number of nitrogen functional groups attached to an aromatic ring is 1. The molecule has 0 amide bonds. The van der Waals surface area contributed by atoms with Gasteiger partial charge in [-0.15, -0.1) is 0 Å². The largest absolute Gasteiger partial charge is 0.369 e. The molecule has 1 aromatic carbocycles. The van der Waals surface area contributed by atoms with Crippen molar-refractivity contribution >= 4 is 32.9 Å². The van der Waals surface area contributed by atoms with Gasteiger partial charge >= 0.3 is 0 Å². The molecular formula is C12H15BrFN3. The van der Waals surface area contributed by atoms with E-state index >= 15 is 0 Å². The number of imidazole rings is 1. The molecule has 0 saturated carbocycles. The highest BCUT2D eigenvalue weighted by molar-refractivity contribution is 9.10. The summed E-state index contributed by atoms with van der Waals surface area (Å²) in [6.45, 7) is 6.26. The Balaban J connectivity index is 2.70. The third-order valence-electron chi connectivity index (χ3n) is 3.13. The fourth-order valence-corrected chi connectivity index (χ4v) is 2.17. The third-order valence-corrected chi connectivity index (χ3v) is 3.74. The zero-order valence-electron chi connectivity index (χ0n) is 10.0. The van der Waals surface area contributed by atoms with Crippen molar-refractivity contribution in [2.24, 2.45) is 5.92 Å². The average molecular weight is 300 g/mol.